The van der Waals surface area contributed by atoms with Crippen molar-refractivity contribution in [1.29, 1.82) is 0 Å². The van der Waals surface area contributed by atoms with Crippen LogP contribution >= 0.6 is 0 Å². The van der Waals surface area contributed by atoms with Gasteiger partial charge < -0.3 is 18.9 Å². The number of fused-ring (bicyclic) bond motifs is 4. The predicted octanol–water partition coefficient (Wildman–Crippen LogP) is 14.7. The standard InChI is InChI=1S/C20H30OSi2.C16H20OSi.C16H22OSi.C12H10O/c1-5-22(6-2)17-13-11-15-19-20(17)21-16-12-9-10-14-18(16)23(19,7-3)8-4;1-3-18(4-2)15-11-7-5-9-13(15)17-14-10-6-8-12-16(14)18;1-3-18(4-2)16-13-9-8-12-15(16)17-14-10-6-5-7-11-14;1-3-7-11(8-4-1)13-12-9-5-2-6-10-12/h9-16,18,22H,5-8H2,1-4H3;5-13,15H,3-4H2,1-2H3;5-10,12-14,18H,3-4,11H2,1-2H3;1-10H. The summed E-state index contributed by atoms with van der Waals surface area (Å²) in [5, 5.41) is 6.22. The minimum absolute atomic E-state index is 0.208. The van der Waals surface area contributed by atoms with Gasteiger partial charge in [0, 0.05) is 17.5 Å². The van der Waals surface area contributed by atoms with E-state index in [1.165, 1.54) is 64.5 Å². The highest BCUT2D eigenvalue weighted by molar-refractivity contribution is 6.95. The van der Waals surface area contributed by atoms with Crippen molar-refractivity contribution < 1.29 is 18.9 Å². The molecule has 5 unspecified atom stereocenters. The Morgan fingerprint density at radius 1 is 0.458 bits per heavy atom. The van der Waals surface area contributed by atoms with E-state index in [1.807, 2.05) is 60.7 Å². The van der Waals surface area contributed by atoms with E-state index in [4.69, 9.17) is 18.9 Å². The average Bonchev–Trinajstić information content (AvgIpc) is 3.44. The van der Waals surface area contributed by atoms with Crippen molar-refractivity contribution in [3.8, 4) is 28.7 Å². The van der Waals surface area contributed by atoms with Gasteiger partial charge >= 0.3 is 0 Å². The Hall–Kier alpha value is -5.39. The molecule has 5 aromatic carbocycles. The van der Waals surface area contributed by atoms with Gasteiger partial charge in [-0.2, -0.15) is 0 Å². The third-order valence-corrected chi connectivity index (χ3v) is 34.4. The van der Waals surface area contributed by atoms with E-state index in [1.54, 1.807) is 10.4 Å². The molecule has 0 saturated carbocycles. The lowest BCUT2D eigenvalue weighted by Gasteiger charge is -2.47. The van der Waals surface area contributed by atoms with Gasteiger partial charge in [-0.1, -0.05) is 249 Å². The zero-order chi connectivity index (χ0) is 50.8. The van der Waals surface area contributed by atoms with Crippen LogP contribution in [-0.4, -0.2) is 52.1 Å². The number of para-hydroxylation sites is 5. The van der Waals surface area contributed by atoms with Crippen LogP contribution in [0.2, 0.25) is 59.4 Å². The predicted molar refractivity (Wildman–Crippen MR) is 321 cm³/mol. The molecule has 8 heteroatoms. The van der Waals surface area contributed by atoms with E-state index >= 15 is 0 Å². The Kier molecular flexibility index (Phi) is 20.4. The van der Waals surface area contributed by atoms with Gasteiger partial charge in [-0.3, -0.25) is 0 Å². The van der Waals surface area contributed by atoms with Crippen molar-refractivity contribution in [1.82, 2.24) is 0 Å². The molecule has 5 aliphatic rings. The van der Waals surface area contributed by atoms with Crippen LogP contribution in [0, 0.1) is 0 Å². The van der Waals surface area contributed by atoms with Gasteiger partial charge in [-0.25, -0.2) is 0 Å². The molecule has 2 aliphatic heterocycles. The molecule has 378 valence electrons. The summed E-state index contributed by atoms with van der Waals surface area (Å²) in [6, 6.07) is 54.4. The molecule has 0 radical (unpaired) electrons. The molecule has 0 amide bonds. The Bertz CT molecular complexity index is 2580. The molecule has 10 rings (SSSR count). The molecular formula is C64H82O4Si4. The van der Waals surface area contributed by atoms with Crippen LogP contribution in [0.1, 0.15) is 61.8 Å². The monoisotopic (exact) mass is 1030 g/mol. The Morgan fingerprint density at radius 2 is 0.931 bits per heavy atom. The first-order valence-electron chi connectivity index (χ1n) is 27.5. The number of allylic oxidation sites excluding steroid dienone is 6. The molecular weight excluding hydrogens is 945 g/mol. The van der Waals surface area contributed by atoms with Crippen LogP contribution in [0.5, 0.6) is 28.7 Å². The number of rotatable bonds is 14. The van der Waals surface area contributed by atoms with Crippen LogP contribution < -0.4 is 39.7 Å². The number of benzene rings is 5. The first-order chi connectivity index (χ1) is 35.3. The fourth-order valence-corrected chi connectivity index (χ4v) is 26.8. The van der Waals surface area contributed by atoms with Crippen LogP contribution in [-0.2, 0) is 0 Å². The van der Waals surface area contributed by atoms with Gasteiger partial charge in [0.2, 0.25) is 0 Å². The molecule has 0 saturated heterocycles. The van der Waals surface area contributed by atoms with Gasteiger partial charge in [0.1, 0.15) is 63.2 Å². The molecule has 5 aromatic rings. The molecule has 0 bridgehead atoms. The highest BCUT2D eigenvalue weighted by Gasteiger charge is 2.50. The summed E-state index contributed by atoms with van der Waals surface area (Å²) in [6.45, 7) is 18.9. The zero-order valence-electron chi connectivity index (χ0n) is 44.6. The normalized spacial score (nSPS) is 20.8. The van der Waals surface area contributed by atoms with E-state index in [0.29, 0.717) is 11.1 Å². The van der Waals surface area contributed by atoms with Crippen molar-refractivity contribution in [2.45, 2.75) is 140 Å². The lowest BCUT2D eigenvalue weighted by atomic mass is 10.1. The lowest BCUT2D eigenvalue weighted by molar-refractivity contribution is 0.244. The topological polar surface area (TPSA) is 36.9 Å². The largest absolute Gasteiger partial charge is 0.486 e. The third-order valence-electron chi connectivity index (χ3n) is 16.2. The minimum Gasteiger partial charge on any atom is -0.486 e. The Labute approximate surface area is 439 Å². The summed E-state index contributed by atoms with van der Waals surface area (Å²) in [7, 11) is -4.75. The van der Waals surface area contributed by atoms with Gasteiger partial charge in [0.15, 0.2) is 0 Å². The van der Waals surface area contributed by atoms with Gasteiger partial charge in [-0.15, -0.1) is 0 Å². The first-order valence-corrected chi connectivity index (χ1v) is 36.9. The van der Waals surface area contributed by atoms with E-state index in [-0.39, 0.29) is 18.3 Å². The van der Waals surface area contributed by atoms with E-state index in [9.17, 15) is 0 Å². The second kappa shape index (κ2) is 27.1. The summed E-state index contributed by atoms with van der Waals surface area (Å²) in [5.41, 5.74) is 1.21. The number of hydrogen-bond donors (Lipinski definition) is 0. The fraction of sp³-hybridized carbons (Fsp3) is 0.344. The van der Waals surface area contributed by atoms with E-state index < -0.39 is 33.7 Å². The van der Waals surface area contributed by atoms with Crippen LogP contribution in [0.4, 0.5) is 0 Å². The molecule has 0 fully saturated rings. The van der Waals surface area contributed by atoms with Crippen molar-refractivity contribution in [3.63, 3.8) is 0 Å². The fourth-order valence-electron chi connectivity index (χ4n) is 11.9. The summed E-state index contributed by atoms with van der Waals surface area (Å²) >= 11 is 0. The maximum atomic E-state index is 6.64. The number of hydrogen-bond acceptors (Lipinski definition) is 4. The van der Waals surface area contributed by atoms with E-state index in [2.05, 4.69) is 195 Å². The first kappa shape index (κ1) is 54.4. The van der Waals surface area contributed by atoms with Crippen molar-refractivity contribution in [3.05, 3.63) is 200 Å². The molecule has 5 atom stereocenters. The minimum atomic E-state index is -1.56. The SMILES string of the molecule is CC[SiH](CC)c1cccc2c1OC1C=CC=CC1[Si]2(CC)CC.CC[SiH](CC)c1ccccc1OC1C=CC=CC1.CC[Si]1(CC)c2ccccc2OC2C=CC=CC21.c1ccc(Oc2ccccc2)cc1. The summed E-state index contributed by atoms with van der Waals surface area (Å²) in [4.78, 5) is 0. The van der Waals surface area contributed by atoms with Crippen molar-refractivity contribution in [2.24, 2.45) is 0 Å². The molecule has 4 nitrogen and oxygen atoms in total. The van der Waals surface area contributed by atoms with Crippen molar-refractivity contribution >= 4 is 54.5 Å². The van der Waals surface area contributed by atoms with Crippen molar-refractivity contribution in [2.75, 3.05) is 0 Å². The highest BCUT2D eigenvalue weighted by Crippen LogP contribution is 2.44. The van der Waals surface area contributed by atoms with Gasteiger partial charge in [0.25, 0.3) is 0 Å². The Balaban J connectivity index is 0.000000143. The molecule has 3 aliphatic carbocycles. The van der Waals surface area contributed by atoms with Crippen LogP contribution in [0.15, 0.2) is 200 Å². The number of ether oxygens (including phenoxy) is 4. The Morgan fingerprint density at radius 3 is 1.50 bits per heavy atom. The molecule has 0 spiro atoms. The average molecular weight is 1030 g/mol. The molecule has 0 N–H and O–H groups in total. The maximum Gasteiger partial charge on any atom is 0.127 e. The summed E-state index contributed by atoms with van der Waals surface area (Å²) in [5.74, 6) is 5.30. The van der Waals surface area contributed by atoms with E-state index in [0.717, 1.165) is 29.4 Å². The second-order valence-electron chi connectivity index (χ2n) is 19.7. The van der Waals surface area contributed by atoms with Gasteiger partial charge in [-0.05, 0) is 75.4 Å². The third kappa shape index (κ3) is 12.5. The lowest BCUT2D eigenvalue weighted by Crippen LogP contribution is -2.60. The summed E-state index contributed by atoms with van der Waals surface area (Å²) in [6.07, 6.45) is 28.3. The van der Waals surface area contributed by atoms with Crippen LogP contribution in [0.25, 0.3) is 0 Å². The summed E-state index contributed by atoms with van der Waals surface area (Å²) < 4.78 is 24.6. The maximum absolute atomic E-state index is 6.64. The zero-order valence-corrected chi connectivity index (χ0v) is 48.9. The molecule has 72 heavy (non-hydrogen) atoms. The van der Waals surface area contributed by atoms with Crippen LogP contribution in [0.3, 0.4) is 0 Å². The molecule has 2 heterocycles. The van der Waals surface area contributed by atoms with Gasteiger partial charge in [0.05, 0.1) is 17.6 Å². The smallest absolute Gasteiger partial charge is 0.127 e. The second-order valence-corrected chi connectivity index (χ2v) is 36.9. The quantitative estimate of drug-likeness (QED) is 0.104. The highest BCUT2D eigenvalue weighted by atomic mass is 28.3. The molecule has 0 aromatic heterocycles.